The predicted molar refractivity (Wildman–Crippen MR) is 66.8 cm³/mol. The Hall–Kier alpha value is -1.06. The first-order chi connectivity index (χ1) is 7.67. The van der Waals surface area contributed by atoms with Gasteiger partial charge in [0, 0.05) is 19.9 Å². The molecular formula is C13H21NO2. The third-order valence-corrected chi connectivity index (χ3v) is 2.58. The molecule has 3 nitrogen and oxygen atoms in total. The predicted octanol–water partition coefficient (Wildman–Crippen LogP) is 2.84. The molecule has 0 saturated carbocycles. The van der Waals surface area contributed by atoms with E-state index < -0.39 is 0 Å². The smallest absolute Gasteiger partial charge is 0.173 e. The molecule has 3 heteroatoms. The van der Waals surface area contributed by atoms with E-state index in [1.165, 1.54) is 5.56 Å². The molecular weight excluding hydrogens is 202 g/mol. The lowest BCUT2D eigenvalue weighted by molar-refractivity contribution is -0.0914. The Kier molecular flexibility index (Phi) is 5.29. The van der Waals surface area contributed by atoms with E-state index in [0.717, 1.165) is 5.69 Å². The number of nitrogens with one attached hydrogen (secondary N) is 1. The summed E-state index contributed by atoms with van der Waals surface area (Å²) < 4.78 is 10.2. The minimum atomic E-state index is -0.204. The summed E-state index contributed by atoms with van der Waals surface area (Å²) in [7, 11) is 3.27. The normalized spacial score (nSPS) is 11.1. The van der Waals surface area contributed by atoms with Crippen molar-refractivity contribution in [2.75, 3.05) is 26.1 Å². The van der Waals surface area contributed by atoms with Gasteiger partial charge in [0.25, 0.3) is 0 Å². The quantitative estimate of drug-likeness (QED) is 0.752. The van der Waals surface area contributed by atoms with E-state index in [-0.39, 0.29) is 6.29 Å². The molecule has 0 amide bonds. The lowest BCUT2D eigenvalue weighted by Crippen LogP contribution is -2.23. The molecule has 0 saturated heterocycles. The molecule has 0 fully saturated rings. The molecule has 1 N–H and O–H groups in total. The van der Waals surface area contributed by atoms with Crippen LogP contribution in [0.1, 0.15) is 25.3 Å². The first kappa shape index (κ1) is 13.0. The zero-order chi connectivity index (χ0) is 12.0. The highest BCUT2D eigenvalue weighted by atomic mass is 16.7. The average molecular weight is 223 g/mol. The summed E-state index contributed by atoms with van der Waals surface area (Å²) in [5.41, 5.74) is 2.43. The molecule has 0 unspecified atom stereocenters. The van der Waals surface area contributed by atoms with Crippen molar-refractivity contribution in [1.82, 2.24) is 0 Å². The summed E-state index contributed by atoms with van der Waals surface area (Å²) >= 11 is 0. The summed E-state index contributed by atoms with van der Waals surface area (Å²) in [6.45, 7) is 5.02. The van der Waals surface area contributed by atoms with E-state index in [2.05, 4.69) is 43.4 Å². The Labute approximate surface area is 97.8 Å². The SMILES string of the molecule is COC(CNc1ccc(C(C)C)cc1)OC. The first-order valence-corrected chi connectivity index (χ1v) is 5.56. The summed E-state index contributed by atoms with van der Waals surface area (Å²) in [5.74, 6) is 0.569. The highest BCUT2D eigenvalue weighted by Gasteiger charge is 2.04. The second-order valence-corrected chi connectivity index (χ2v) is 4.06. The Morgan fingerprint density at radius 1 is 1.06 bits per heavy atom. The van der Waals surface area contributed by atoms with E-state index >= 15 is 0 Å². The largest absolute Gasteiger partial charge is 0.380 e. The van der Waals surface area contributed by atoms with Gasteiger partial charge in [0.05, 0.1) is 6.54 Å². The first-order valence-electron chi connectivity index (χ1n) is 5.56. The van der Waals surface area contributed by atoms with Crippen LogP contribution in [-0.4, -0.2) is 27.1 Å². The summed E-state index contributed by atoms with van der Waals surface area (Å²) in [4.78, 5) is 0. The van der Waals surface area contributed by atoms with Crippen LogP contribution in [0.15, 0.2) is 24.3 Å². The maximum atomic E-state index is 5.10. The number of ether oxygens (including phenoxy) is 2. The Morgan fingerprint density at radius 3 is 2.06 bits per heavy atom. The van der Waals surface area contributed by atoms with Crippen LogP contribution in [0, 0.1) is 0 Å². The zero-order valence-electron chi connectivity index (χ0n) is 10.5. The summed E-state index contributed by atoms with van der Waals surface area (Å²) in [6, 6.07) is 8.44. The Balaban J connectivity index is 2.49. The fourth-order valence-electron chi connectivity index (χ4n) is 1.45. The van der Waals surface area contributed by atoms with Crippen LogP contribution in [0.2, 0.25) is 0 Å². The van der Waals surface area contributed by atoms with E-state index in [9.17, 15) is 0 Å². The molecule has 90 valence electrons. The molecule has 0 aliphatic rings. The van der Waals surface area contributed by atoms with Crippen molar-refractivity contribution in [1.29, 1.82) is 0 Å². The molecule has 0 heterocycles. The maximum absolute atomic E-state index is 5.10. The van der Waals surface area contributed by atoms with E-state index in [0.29, 0.717) is 12.5 Å². The number of anilines is 1. The lowest BCUT2D eigenvalue weighted by Gasteiger charge is -2.15. The minimum Gasteiger partial charge on any atom is -0.380 e. The molecule has 1 aromatic carbocycles. The molecule has 0 radical (unpaired) electrons. The van der Waals surface area contributed by atoms with Crippen molar-refractivity contribution < 1.29 is 9.47 Å². The Morgan fingerprint density at radius 2 is 1.62 bits per heavy atom. The average Bonchev–Trinajstić information content (AvgIpc) is 2.31. The molecule has 16 heavy (non-hydrogen) atoms. The highest BCUT2D eigenvalue weighted by Crippen LogP contribution is 2.17. The molecule has 0 aliphatic heterocycles. The van der Waals surface area contributed by atoms with Gasteiger partial charge in [-0.1, -0.05) is 26.0 Å². The van der Waals surface area contributed by atoms with Crippen LogP contribution in [0.3, 0.4) is 0 Å². The summed E-state index contributed by atoms with van der Waals surface area (Å²) in [5, 5.41) is 3.26. The van der Waals surface area contributed by atoms with Gasteiger partial charge in [-0.25, -0.2) is 0 Å². The van der Waals surface area contributed by atoms with Crippen molar-refractivity contribution in [3.05, 3.63) is 29.8 Å². The number of hydrogen-bond acceptors (Lipinski definition) is 3. The van der Waals surface area contributed by atoms with Gasteiger partial charge in [-0.15, -0.1) is 0 Å². The third-order valence-electron chi connectivity index (χ3n) is 2.58. The van der Waals surface area contributed by atoms with Crippen molar-refractivity contribution >= 4 is 5.69 Å². The van der Waals surface area contributed by atoms with Gasteiger partial charge in [-0.05, 0) is 23.6 Å². The van der Waals surface area contributed by atoms with Crippen molar-refractivity contribution in [2.24, 2.45) is 0 Å². The van der Waals surface area contributed by atoms with Crippen LogP contribution >= 0.6 is 0 Å². The number of rotatable bonds is 6. The van der Waals surface area contributed by atoms with E-state index in [1.807, 2.05) is 0 Å². The summed E-state index contributed by atoms with van der Waals surface area (Å²) in [6.07, 6.45) is -0.204. The van der Waals surface area contributed by atoms with Crippen LogP contribution in [0.5, 0.6) is 0 Å². The fraction of sp³-hybridized carbons (Fsp3) is 0.538. The van der Waals surface area contributed by atoms with Gasteiger partial charge in [0.2, 0.25) is 0 Å². The zero-order valence-corrected chi connectivity index (χ0v) is 10.5. The van der Waals surface area contributed by atoms with E-state index in [1.54, 1.807) is 14.2 Å². The van der Waals surface area contributed by atoms with Gasteiger partial charge in [0.15, 0.2) is 6.29 Å². The molecule has 0 atom stereocenters. The van der Waals surface area contributed by atoms with Gasteiger partial charge in [0.1, 0.15) is 0 Å². The third kappa shape index (κ3) is 3.83. The van der Waals surface area contributed by atoms with Crippen molar-refractivity contribution in [2.45, 2.75) is 26.1 Å². The van der Waals surface area contributed by atoms with Gasteiger partial charge in [-0.3, -0.25) is 0 Å². The maximum Gasteiger partial charge on any atom is 0.173 e. The van der Waals surface area contributed by atoms with Crippen molar-refractivity contribution in [3.63, 3.8) is 0 Å². The Bertz CT molecular complexity index is 291. The monoisotopic (exact) mass is 223 g/mol. The number of hydrogen-bond donors (Lipinski definition) is 1. The fourth-order valence-corrected chi connectivity index (χ4v) is 1.45. The van der Waals surface area contributed by atoms with Gasteiger partial charge < -0.3 is 14.8 Å². The molecule has 0 bridgehead atoms. The van der Waals surface area contributed by atoms with Crippen LogP contribution in [0.4, 0.5) is 5.69 Å². The van der Waals surface area contributed by atoms with Gasteiger partial charge in [-0.2, -0.15) is 0 Å². The van der Waals surface area contributed by atoms with Crippen molar-refractivity contribution in [3.8, 4) is 0 Å². The van der Waals surface area contributed by atoms with Crippen LogP contribution < -0.4 is 5.32 Å². The number of benzene rings is 1. The molecule has 0 spiro atoms. The van der Waals surface area contributed by atoms with Crippen LogP contribution in [-0.2, 0) is 9.47 Å². The molecule has 0 aliphatic carbocycles. The molecule has 0 aromatic heterocycles. The highest BCUT2D eigenvalue weighted by molar-refractivity contribution is 5.45. The van der Waals surface area contributed by atoms with E-state index in [4.69, 9.17) is 9.47 Å². The second kappa shape index (κ2) is 6.51. The number of methoxy groups -OCH3 is 2. The molecule has 1 aromatic rings. The van der Waals surface area contributed by atoms with Crippen LogP contribution in [0.25, 0.3) is 0 Å². The lowest BCUT2D eigenvalue weighted by atomic mass is 10.0. The molecule has 1 rings (SSSR count). The second-order valence-electron chi connectivity index (χ2n) is 4.06. The topological polar surface area (TPSA) is 30.5 Å². The van der Waals surface area contributed by atoms with Gasteiger partial charge >= 0.3 is 0 Å². The minimum absolute atomic E-state index is 0.204. The standard InChI is InChI=1S/C13H21NO2/c1-10(2)11-5-7-12(8-6-11)14-9-13(15-3)16-4/h5-8,10,13-14H,9H2,1-4H3.